The largest absolute Gasteiger partial charge is 0.497 e. The normalized spacial score (nSPS) is 10.3. The van der Waals surface area contributed by atoms with E-state index in [1.807, 2.05) is 55.5 Å². The van der Waals surface area contributed by atoms with Crippen molar-refractivity contribution in [3.05, 3.63) is 59.8 Å². The number of anilines is 4. The van der Waals surface area contributed by atoms with Gasteiger partial charge >= 0.3 is 0 Å². The van der Waals surface area contributed by atoms with E-state index < -0.39 is 0 Å². The predicted octanol–water partition coefficient (Wildman–Crippen LogP) is 4.60. The molecule has 2 aromatic carbocycles. The molecule has 0 spiro atoms. The highest BCUT2D eigenvalue weighted by Gasteiger charge is 2.08. The lowest BCUT2D eigenvalue weighted by Crippen LogP contribution is -2.03. The molecule has 0 saturated heterocycles. The average molecular weight is 350 g/mol. The maximum atomic E-state index is 5.43. The summed E-state index contributed by atoms with van der Waals surface area (Å²) in [5.41, 5.74) is 3.79. The number of hydrogen-bond acceptors (Lipinski definition) is 6. The van der Waals surface area contributed by atoms with Crippen LogP contribution in [0.3, 0.4) is 0 Å². The van der Waals surface area contributed by atoms with Crippen molar-refractivity contribution in [1.29, 1.82) is 0 Å². The van der Waals surface area contributed by atoms with E-state index in [-0.39, 0.29) is 0 Å². The second kappa shape index (κ2) is 7.74. The zero-order valence-corrected chi connectivity index (χ0v) is 15.3. The minimum atomic E-state index is 0.531. The molecule has 1 aromatic heterocycles. The van der Waals surface area contributed by atoms with E-state index in [1.165, 1.54) is 5.56 Å². The van der Waals surface area contributed by atoms with Crippen molar-refractivity contribution in [1.82, 2.24) is 9.97 Å². The fraction of sp³-hybridized carbons (Fsp3) is 0.200. The van der Waals surface area contributed by atoms with E-state index in [0.717, 1.165) is 22.8 Å². The Kier molecular flexibility index (Phi) is 5.22. The van der Waals surface area contributed by atoms with Crippen LogP contribution in [0, 0.1) is 13.8 Å². The highest BCUT2D eigenvalue weighted by atomic mass is 16.5. The van der Waals surface area contributed by atoms with Crippen LogP contribution in [0.15, 0.2) is 48.5 Å². The first-order valence-corrected chi connectivity index (χ1v) is 8.26. The van der Waals surface area contributed by atoms with E-state index >= 15 is 0 Å². The van der Waals surface area contributed by atoms with Gasteiger partial charge in [-0.25, -0.2) is 4.98 Å². The van der Waals surface area contributed by atoms with Gasteiger partial charge in [0.05, 0.1) is 19.9 Å². The number of aryl methyl sites for hydroxylation is 2. The van der Waals surface area contributed by atoms with E-state index in [9.17, 15) is 0 Å². The van der Waals surface area contributed by atoms with Crippen molar-refractivity contribution in [2.24, 2.45) is 0 Å². The van der Waals surface area contributed by atoms with E-state index in [0.29, 0.717) is 17.5 Å². The third-order valence-electron chi connectivity index (χ3n) is 3.83. The quantitative estimate of drug-likeness (QED) is 0.677. The second-order valence-corrected chi connectivity index (χ2v) is 5.90. The van der Waals surface area contributed by atoms with Gasteiger partial charge in [0, 0.05) is 23.5 Å². The molecule has 0 aliphatic heterocycles. The first kappa shape index (κ1) is 17.5. The van der Waals surface area contributed by atoms with Crippen LogP contribution in [0.4, 0.5) is 23.1 Å². The summed E-state index contributed by atoms with van der Waals surface area (Å²) in [6, 6.07) is 15.5. The van der Waals surface area contributed by atoms with Gasteiger partial charge in [0.1, 0.15) is 17.3 Å². The molecule has 3 aromatic rings. The second-order valence-electron chi connectivity index (χ2n) is 5.90. The molecule has 134 valence electrons. The zero-order valence-electron chi connectivity index (χ0n) is 15.3. The van der Waals surface area contributed by atoms with Crippen molar-refractivity contribution in [3.63, 3.8) is 0 Å². The highest BCUT2D eigenvalue weighted by molar-refractivity contribution is 5.67. The van der Waals surface area contributed by atoms with Crippen molar-refractivity contribution in [3.8, 4) is 11.5 Å². The predicted molar refractivity (Wildman–Crippen MR) is 104 cm³/mol. The van der Waals surface area contributed by atoms with Crippen LogP contribution in [0.5, 0.6) is 11.5 Å². The Balaban J connectivity index is 1.85. The summed E-state index contributed by atoms with van der Waals surface area (Å²) >= 11 is 0. The number of methoxy groups -OCH3 is 2. The lowest BCUT2D eigenvalue weighted by Gasteiger charge is -2.13. The Labute approximate surface area is 153 Å². The Morgan fingerprint density at radius 1 is 0.808 bits per heavy atom. The minimum Gasteiger partial charge on any atom is -0.497 e. The molecule has 0 saturated carbocycles. The van der Waals surface area contributed by atoms with Crippen LogP contribution < -0.4 is 20.1 Å². The molecule has 0 unspecified atom stereocenters. The van der Waals surface area contributed by atoms with Gasteiger partial charge < -0.3 is 20.1 Å². The topological polar surface area (TPSA) is 68.3 Å². The number of hydrogen-bond donors (Lipinski definition) is 2. The Hall–Kier alpha value is -3.28. The summed E-state index contributed by atoms with van der Waals surface area (Å²) in [6.07, 6.45) is 0. The molecular weight excluding hydrogens is 328 g/mol. The van der Waals surface area contributed by atoms with Crippen molar-refractivity contribution >= 4 is 23.1 Å². The molecule has 1 heterocycles. The molecule has 0 aliphatic rings. The first-order valence-electron chi connectivity index (χ1n) is 8.26. The van der Waals surface area contributed by atoms with Crippen molar-refractivity contribution in [2.75, 3.05) is 24.9 Å². The van der Waals surface area contributed by atoms with Gasteiger partial charge in [-0.3, -0.25) is 0 Å². The van der Waals surface area contributed by atoms with Gasteiger partial charge in [-0.15, -0.1) is 0 Å². The summed E-state index contributed by atoms with van der Waals surface area (Å²) < 4.78 is 10.7. The molecule has 0 bridgehead atoms. The van der Waals surface area contributed by atoms with Crippen molar-refractivity contribution in [2.45, 2.75) is 13.8 Å². The fourth-order valence-corrected chi connectivity index (χ4v) is 2.49. The number of ether oxygens (including phenoxy) is 2. The molecule has 26 heavy (non-hydrogen) atoms. The Bertz CT molecular complexity index is 895. The highest BCUT2D eigenvalue weighted by Crippen LogP contribution is 2.31. The zero-order chi connectivity index (χ0) is 18.5. The lowest BCUT2D eigenvalue weighted by atomic mass is 10.2. The SMILES string of the molecule is COc1ccc(Nc2cc(C)nc(Nc3ccc(C)cc3)n2)c(OC)c1. The van der Waals surface area contributed by atoms with Gasteiger partial charge in [-0.2, -0.15) is 4.98 Å². The van der Waals surface area contributed by atoms with Crippen molar-refractivity contribution < 1.29 is 9.47 Å². The molecule has 0 amide bonds. The number of nitrogens with one attached hydrogen (secondary N) is 2. The average Bonchev–Trinajstić information content (AvgIpc) is 2.63. The van der Waals surface area contributed by atoms with Gasteiger partial charge in [0.25, 0.3) is 0 Å². The smallest absolute Gasteiger partial charge is 0.229 e. The van der Waals surface area contributed by atoms with E-state index in [2.05, 4.69) is 27.5 Å². The summed E-state index contributed by atoms with van der Waals surface area (Å²) in [5.74, 6) is 2.61. The summed E-state index contributed by atoms with van der Waals surface area (Å²) in [6.45, 7) is 3.98. The molecular formula is C20H22N4O2. The van der Waals surface area contributed by atoms with Gasteiger partial charge in [0.15, 0.2) is 0 Å². The third kappa shape index (κ3) is 4.22. The fourth-order valence-electron chi connectivity index (χ4n) is 2.49. The summed E-state index contributed by atoms with van der Waals surface area (Å²) in [7, 11) is 3.24. The van der Waals surface area contributed by atoms with Crippen LogP contribution in [0.1, 0.15) is 11.3 Å². The summed E-state index contributed by atoms with van der Waals surface area (Å²) in [5, 5.41) is 6.51. The molecule has 0 radical (unpaired) electrons. The van der Waals surface area contributed by atoms with Crippen LogP contribution in [0.25, 0.3) is 0 Å². The van der Waals surface area contributed by atoms with Crippen LogP contribution in [0.2, 0.25) is 0 Å². The Morgan fingerprint density at radius 3 is 2.27 bits per heavy atom. The van der Waals surface area contributed by atoms with Crippen LogP contribution >= 0.6 is 0 Å². The minimum absolute atomic E-state index is 0.531. The molecule has 0 fully saturated rings. The molecule has 6 nitrogen and oxygen atoms in total. The molecule has 0 aliphatic carbocycles. The molecule has 3 rings (SSSR count). The first-order chi connectivity index (χ1) is 12.6. The van der Waals surface area contributed by atoms with E-state index in [4.69, 9.17) is 9.47 Å². The maximum absolute atomic E-state index is 5.43. The van der Waals surface area contributed by atoms with Crippen LogP contribution in [-0.4, -0.2) is 24.2 Å². The van der Waals surface area contributed by atoms with E-state index in [1.54, 1.807) is 14.2 Å². The number of aromatic nitrogens is 2. The third-order valence-corrected chi connectivity index (χ3v) is 3.83. The number of nitrogens with zero attached hydrogens (tertiary/aromatic N) is 2. The summed E-state index contributed by atoms with van der Waals surface area (Å²) in [4.78, 5) is 8.99. The number of rotatable bonds is 6. The van der Waals surface area contributed by atoms with Gasteiger partial charge in [-0.1, -0.05) is 17.7 Å². The number of benzene rings is 2. The standard InChI is InChI=1S/C20H22N4O2/c1-13-5-7-15(8-6-13)22-20-21-14(2)11-19(24-20)23-17-10-9-16(25-3)12-18(17)26-4/h5-12H,1-4H3,(H2,21,22,23,24). The molecule has 0 atom stereocenters. The maximum Gasteiger partial charge on any atom is 0.229 e. The molecule has 6 heteroatoms. The molecule has 2 N–H and O–H groups in total. The monoisotopic (exact) mass is 350 g/mol. The lowest BCUT2D eigenvalue weighted by molar-refractivity contribution is 0.395. The van der Waals surface area contributed by atoms with Gasteiger partial charge in [0.2, 0.25) is 5.95 Å². The van der Waals surface area contributed by atoms with Crippen LogP contribution in [-0.2, 0) is 0 Å². The Morgan fingerprint density at radius 2 is 1.58 bits per heavy atom. The van der Waals surface area contributed by atoms with Gasteiger partial charge in [-0.05, 0) is 38.1 Å².